The van der Waals surface area contributed by atoms with E-state index >= 15 is 0 Å². The predicted molar refractivity (Wildman–Crippen MR) is 147 cm³/mol. The number of aryl methyl sites for hydroxylation is 1. The molecule has 37 heavy (non-hydrogen) atoms. The third-order valence-corrected chi connectivity index (χ3v) is 5.98. The van der Waals surface area contributed by atoms with Gasteiger partial charge < -0.3 is 20.3 Å². The second-order valence-corrected chi connectivity index (χ2v) is 11.1. The number of nitrogens with one attached hydrogen (secondary N) is 2. The highest BCUT2D eigenvalue weighted by atomic mass is 16.6. The minimum absolute atomic E-state index is 0.107. The Morgan fingerprint density at radius 3 is 2.05 bits per heavy atom. The van der Waals surface area contributed by atoms with Gasteiger partial charge in [-0.05, 0) is 84.6 Å². The SMILES string of the molecule is Cc1cccc(C(C(=O)NC(C)C)N(C(=O)C(Cc2ccccc2)NC(=O)OC(C)(C)C)C(C)C)c1C. The van der Waals surface area contributed by atoms with Crippen molar-refractivity contribution < 1.29 is 19.1 Å². The number of amides is 3. The molecule has 0 spiro atoms. The molecule has 0 fully saturated rings. The van der Waals surface area contributed by atoms with Crippen LogP contribution >= 0.6 is 0 Å². The number of hydrogen-bond donors (Lipinski definition) is 2. The molecule has 2 unspecified atom stereocenters. The van der Waals surface area contributed by atoms with Crippen molar-refractivity contribution in [2.24, 2.45) is 0 Å². The van der Waals surface area contributed by atoms with E-state index in [9.17, 15) is 14.4 Å². The van der Waals surface area contributed by atoms with E-state index in [0.29, 0.717) is 0 Å². The molecule has 0 aliphatic heterocycles. The Labute approximate surface area is 222 Å². The lowest BCUT2D eigenvalue weighted by Gasteiger charge is -2.38. The Morgan fingerprint density at radius 1 is 0.892 bits per heavy atom. The molecule has 0 saturated heterocycles. The van der Waals surface area contributed by atoms with Gasteiger partial charge in [-0.15, -0.1) is 0 Å². The topological polar surface area (TPSA) is 87.7 Å². The number of carbonyl (C=O) groups is 3. The van der Waals surface area contributed by atoms with Gasteiger partial charge >= 0.3 is 6.09 Å². The quantitative estimate of drug-likeness (QED) is 0.484. The van der Waals surface area contributed by atoms with Crippen molar-refractivity contribution in [3.8, 4) is 0 Å². The van der Waals surface area contributed by atoms with E-state index in [1.165, 1.54) is 0 Å². The Kier molecular flexibility index (Phi) is 10.3. The zero-order valence-corrected chi connectivity index (χ0v) is 23.7. The van der Waals surface area contributed by atoms with Crippen LogP contribution in [-0.4, -0.2) is 46.5 Å². The highest BCUT2D eigenvalue weighted by molar-refractivity contribution is 5.92. The molecule has 2 N–H and O–H groups in total. The fourth-order valence-electron chi connectivity index (χ4n) is 4.21. The summed E-state index contributed by atoms with van der Waals surface area (Å²) in [6.45, 7) is 16.8. The molecule has 7 heteroatoms. The molecule has 2 atom stereocenters. The second-order valence-electron chi connectivity index (χ2n) is 11.1. The first kappa shape index (κ1) is 29.9. The summed E-state index contributed by atoms with van der Waals surface area (Å²) < 4.78 is 5.48. The first-order valence-electron chi connectivity index (χ1n) is 12.9. The van der Waals surface area contributed by atoms with Gasteiger partial charge in [0.1, 0.15) is 17.7 Å². The fourth-order valence-corrected chi connectivity index (χ4v) is 4.21. The minimum Gasteiger partial charge on any atom is -0.444 e. The van der Waals surface area contributed by atoms with E-state index < -0.39 is 23.8 Å². The van der Waals surface area contributed by atoms with E-state index in [4.69, 9.17) is 4.74 Å². The maximum Gasteiger partial charge on any atom is 0.408 e. The maximum absolute atomic E-state index is 14.3. The number of alkyl carbamates (subject to hydrolysis) is 1. The molecule has 7 nitrogen and oxygen atoms in total. The van der Waals surface area contributed by atoms with E-state index in [1.54, 1.807) is 25.7 Å². The highest BCUT2D eigenvalue weighted by Crippen LogP contribution is 2.29. The molecule has 0 bridgehead atoms. The lowest BCUT2D eigenvalue weighted by atomic mass is 9.93. The van der Waals surface area contributed by atoms with Gasteiger partial charge in [-0.1, -0.05) is 48.5 Å². The van der Waals surface area contributed by atoms with Crippen LogP contribution in [0.15, 0.2) is 48.5 Å². The number of ether oxygens (including phenoxy) is 1. The van der Waals surface area contributed by atoms with E-state index in [1.807, 2.05) is 90.1 Å². The zero-order valence-electron chi connectivity index (χ0n) is 23.7. The van der Waals surface area contributed by atoms with E-state index in [-0.39, 0.29) is 30.3 Å². The summed E-state index contributed by atoms with van der Waals surface area (Å²) in [7, 11) is 0. The molecule has 0 aliphatic rings. The summed E-state index contributed by atoms with van der Waals surface area (Å²) in [4.78, 5) is 42.3. The van der Waals surface area contributed by atoms with Crippen LogP contribution in [0.1, 0.15) is 76.8 Å². The summed E-state index contributed by atoms with van der Waals surface area (Å²) in [6.07, 6.45) is -0.423. The van der Waals surface area contributed by atoms with Crippen molar-refractivity contribution in [2.75, 3.05) is 0 Å². The lowest BCUT2D eigenvalue weighted by Crippen LogP contribution is -2.56. The second kappa shape index (κ2) is 12.7. The van der Waals surface area contributed by atoms with Crippen molar-refractivity contribution in [2.45, 2.75) is 98.5 Å². The van der Waals surface area contributed by atoms with Gasteiger partial charge in [-0.2, -0.15) is 0 Å². The molecule has 2 aromatic carbocycles. The molecular weight excluding hydrogens is 466 g/mol. The standard InChI is InChI=1S/C30H43N3O4/c1-19(2)31-27(34)26(24-17-13-14-21(5)22(24)6)33(20(3)4)28(35)25(18-23-15-11-10-12-16-23)32-29(36)37-30(7,8)9/h10-17,19-20,25-26H,18H2,1-9H3,(H,31,34)(H,32,36). The molecule has 202 valence electrons. The molecule has 2 rings (SSSR count). The van der Waals surface area contributed by atoms with Crippen molar-refractivity contribution in [3.05, 3.63) is 70.8 Å². The summed E-state index contributed by atoms with van der Waals surface area (Å²) in [5.41, 5.74) is 2.90. The van der Waals surface area contributed by atoms with Crippen LogP contribution in [0.5, 0.6) is 0 Å². The van der Waals surface area contributed by atoms with Crippen molar-refractivity contribution in [3.63, 3.8) is 0 Å². The Balaban J connectivity index is 2.58. The Bertz CT molecular complexity index is 1070. The van der Waals surface area contributed by atoms with Gasteiger partial charge in [0, 0.05) is 18.5 Å². The summed E-state index contributed by atoms with van der Waals surface area (Å²) in [6, 6.07) is 13.0. The summed E-state index contributed by atoms with van der Waals surface area (Å²) in [5, 5.41) is 5.78. The molecule has 0 saturated carbocycles. The predicted octanol–water partition coefficient (Wildman–Crippen LogP) is 5.24. The average molecular weight is 510 g/mol. The molecule has 3 amide bonds. The van der Waals surface area contributed by atoms with Crippen molar-refractivity contribution >= 4 is 17.9 Å². The van der Waals surface area contributed by atoms with Crippen LogP contribution < -0.4 is 10.6 Å². The number of rotatable bonds is 9. The molecule has 0 aliphatic carbocycles. The molecule has 0 heterocycles. The van der Waals surface area contributed by atoms with Crippen LogP contribution in [0.3, 0.4) is 0 Å². The number of carbonyl (C=O) groups excluding carboxylic acids is 3. The maximum atomic E-state index is 14.3. The summed E-state index contributed by atoms with van der Waals surface area (Å²) in [5.74, 6) is -0.615. The number of benzene rings is 2. The number of hydrogen-bond acceptors (Lipinski definition) is 4. The van der Waals surface area contributed by atoms with Crippen LogP contribution in [0.2, 0.25) is 0 Å². The van der Waals surface area contributed by atoms with Gasteiger partial charge in [-0.25, -0.2) is 4.79 Å². The molecule has 0 radical (unpaired) electrons. The van der Waals surface area contributed by atoms with Crippen LogP contribution in [0, 0.1) is 13.8 Å². The molecule has 2 aromatic rings. The monoisotopic (exact) mass is 509 g/mol. The largest absolute Gasteiger partial charge is 0.444 e. The lowest BCUT2D eigenvalue weighted by molar-refractivity contribution is -0.144. The van der Waals surface area contributed by atoms with Gasteiger partial charge in [0.05, 0.1) is 0 Å². The van der Waals surface area contributed by atoms with Gasteiger partial charge in [0.25, 0.3) is 0 Å². The smallest absolute Gasteiger partial charge is 0.408 e. The van der Waals surface area contributed by atoms with Gasteiger partial charge in [0.2, 0.25) is 11.8 Å². The van der Waals surface area contributed by atoms with Gasteiger partial charge in [0.15, 0.2) is 0 Å². The zero-order chi connectivity index (χ0) is 27.9. The summed E-state index contributed by atoms with van der Waals surface area (Å²) >= 11 is 0. The van der Waals surface area contributed by atoms with Crippen LogP contribution in [0.4, 0.5) is 4.79 Å². The third-order valence-electron chi connectivity index (χ3n) is 5.98. The normalized spacial score (nSPS) is 13.2. The van der Waals surface area contributed by atoms with E-state index in [0.717, 1.165) is 22.3 Å². The Morgan fingerprint density at radius 2 is 1.51 bits per heavy atom. The Hall–Kier alpha value is -3.35. The van der Waals surface area contributed by atoms with Crippen LogP contribution in [-0.2, 0) is 20.7 Å². The van der Waals surface area contributed by atoms with Crippen molar-refractivity contribution in [1.29, 1.82) is 0 Å². The third kappa shape index (κ3) is 8.62. The highest BCUT2D eigenvalue weighted by Gasteiger charge is 2.38. The molecule has 0 aromatic heterocycles. The fraction of sp³-hybridized carbons (Fsp3) is 0.500. The average Bonchev–Trinajstić information content (AvgIpc) is 2.77. The van der Waals surface area contributed by atoms with E-state index in [2.05, 4.69) is 10.6 Å². The first-order chi connectivity index (χ1) is 17.2. The molecular formula is C30H43N3O4. The van der Waals surface area contributed by atoms with Gasteiger partial charge in [-0.3, -0.25) is 9.59 Å². The first-order valence-corrected chi connectivity index (χ1v) is 12.9. The van der Waals surface area contributed by atoms with Crippen molar-refractivity contribution in [1.82, 2.24) is 15.5 Å². The van der Waals surface area contributed by atoms with Crippen LogP contribution in [0.25, 0.3) is 0 Å². The minimum atomic E-state index is -0.931. The number of nitrogens with zero attached hydrogens (tertiary/aromatic N) is 1.